The highest BCUT2D eigenvalue weighted by molar-refractivity contribution is 5.41. The second-order valence-corrected chi connectivity index (χ2v) is 7.37. The van der Waals surface area contributed by atoms with Gasteiger partial charge in [-0.05, 0) is 85.8 Å². The van der Waals surface area contributed by atoms with Crippen molar-refractivity contribution in [3.63, 3.8) is 0 Å². The van der Waals surface area contributed by atoms with Crippen LogP contribution in [0.5, 0.6) is 0 Å². The van der Waals surface area contributed by atoms with Crippen LogP contribution < -0.4 is 0 Å². The van der Waals surface area contributed by atoms with E-state index in [1.54, 1.807) is 11.1 Å². The van der Waals surface area contributed by atoms with Gasteiger partial charge in [0.1, 0.15) is 0 Å². The second kappa shape index (κ2) is 8.51. The van der Waals surface area contributed by atoms with Gasteiger partial charge < -0.3 is 0 Å². The van der Waals surface area contributed by atoms with E-state index in [-0.39, 0.29) is 0 Å². The van der Waals surface area contributed by atoms with Crippen LogP contribution in [-0.2, 0) is 0 Å². The zero-order chi connectivity index (χ0) is 17.7. The van der Waals surface area contributed by atoms with Crippen LogP contribution in [-0.4, -0.2) is 0 Å². The normalized spacial score (nSPS) is 13.8. The molecule has 0 aromatic heterocycles. The average Bonchev–Trinajstić information content (AvgIpc) is 2.57. The lowest BCUT2D eigenvalue weighted by atomic mass is 9.73. The third kappa shape index (κ3) is 3.91. The summed E-state index contributed by atoms with van der Waals surface area (Å²) in [6.45, 7) is 13.7. The van der Waals surface area contributed by atoms with Crippen molar-refractivity contribution in [3.8, 4) is 0 Å². The van der Waals surface area contributed by atoms with Crippen molar-refractivity contribution < 1.29 is 0 Å². The fraction of sp³-hybridized carbons (Fsp3) is 0.500. The summed E-state index contributed by atoms with van der Waals surface area (Å²) < 4.78 is 0. The number of hydrogen-bond acceptors (Lipinski definition) is 0. The largest absolute Gasteiger partial charge is 0.0654 e. The van der Waals surface area contributed by atoms with Gasteiger partial charge >= 0.3 is 0 Å². The van der Waals surface area contributed by atoms with Gasteiger partial charge in [0.25, 0.3) is 0 Å². The monoisotopic (exact) mass is 322 g/mol. The van der Waals surface area contributed by atoms with Gasteiger partial charge in [-0.25, -0.2) is 0 Å². The summed E-state index contributed by atoms with van der Waals surface area (Å²) in [6, 6.07) is 13.7. The number of hydrogen-bond donors (Lipinski definition) is 0. The molecule has 0 N–H and O–H groups in total. The minimum absolute atomic E-state index is 0.621. The molecule has 0 saturated carbocycles. The van der Waals surface area contributed by atoms with Gasteiger partial charge in [0.15, 0.2) is 0 Å². The topological polar surface area (TPSA) is 0 Å². The first-order chi connectivity index (χ1) is 11.5. The van der Waals surface area contributed by atoms with Crippen LogP contribution in [0.4, 0.5) is 0 Å². The number of benzene rings is 2. The zero-order valence-electron chi connectivity index (χ0n) is 16.4. The lowest BCUT2D eigenvalue weighted by Crippen LogP contribution is -2.15. The predicted octanol–water partition coefficient (Wildman–Crippen LogP) is 7.39. The summed E-state index contributed by atoms with van der Waals surface area (Å²) in [5.41, 5.74) is 8.95. The minimum atomic E-state index is 0.621. The van der Waals surface area contributed by atoms with Crippen LogP contribution in [0.15, 0.2) is 36.4 Å². The molecule has 0 amide bonds. The van der Waals surface area contributed by atoms with Gasteiger partial charge in [0, 0.05) is 0 Å². The number of rotatable bonds is 7. The Balaban J connectivity index is 2.55. The van der Waals surface area contributed by atoms with Crippen molar-refractivity contribution in [1.82, 2.24) is 0 Å². The fourth-order valence-corrected chi connectivity index (χ4v) is 4.12. The van der Waals surface area contributed by atoms with E-state index in [0.717, 1.165) is 0 Å². The molecule has 0 fully saturated rings. The Labute approximate surface area is 149 Å². The Morgan fingerprint density at radius 3 is 1.33 bits per heavy atom. The first-order valence-corrected chi connectivity index (χ1v) is 9.63. The van der Waals surface area contributed by atoms with Gasteiger partial charge in [-0.3, -0.25) is 0 Å². The maximum absolute atomic E-state index is 2.37. The van der Waals surface area contributed by atoms with E-state index < -0.39 is 0 Å². The molecule has 0 nitrogen and oxygen atoms in total. The molecule has 0 heteroatoms. The Morgan fingerprint density at radius 2 is 1.00 bits per heavy atom. The molecule has 2 atom stereocenters. The summed E-state index contributed by atoms with van der Waals surface area (Å²) in [5.74, 6) is 1.24. The first kappa shape index (κ1) is 18.8. The lowest BCUT2D eigenvalue weighted by Gasteiger charge is -2.31. The quantitative estimate of drug-likeness (QED) is 0.498. The third-order valence-electron chi connectivity index (χ3n) is 5.78. The van der Waals surface area contributed by atoms with Crippen LogP contribution in [0, 0.1) is 27.7 Å². The van der Waals surface area contributed by atoms with E-state index in [9.17, 15) is 0 Å². The molecule has 24 heavy (non-hydrogen) atoms. The standard InChI is InChI=1S/C24H34/c1-7-11-23(21-15-9-13-17(3)19(21)5)24(12-8-2)22-16-10-14-18(4)20(22)6/h9-10,13-16,23-24H,7-8,11-12H2,1-6H3. The van der Waals surface area contributed by atoms with Gasteiger partial charge in [-0.2, -0.15) is 0 Å². The summed E-state index contributed by atoms with van der Waals surface area (Å²) >= 11 is 0. The van der Waals surface area contributed by atoms with E-state index in [2.05, 4.69) is 77.9 Å². The molecule has 2 unspecified atom stereocenters. The van der Waals surface area contributed by atoms with Crippen LogP contribution in [0.25, 0.3) is 0 Å². The van der Waals surface area contributed by atoms with Crippen molar-refractivity contribution >= 4 is 0 Å². The molecule has 0 spiro atoms. The smallest absolute Gasteiger partial charge is 0.00904 e. The molecule has 2 rings (SSSR count). The number of aryl methyl sites for hydroxylation is 2. The average molecular weight is 323 g/mol. The molecular formula is C24H34. The second-order valence-electron chi connectivity index (χ2n) is 7.37. The zero-order valence-corrected chi connectivity index (χ0v) is 16.4. The molecule has 2 aromatic rings. The Morgan fingerprint density at radius 1 is 0.625 bits per heavy atom. The van der Waals surface area contributed by atoms with Gasteiger partial charge in [0.2, 0.25) is 0 Å². The van der Waals surface area contributed by atoms with E-state index in [4.69, 9.17) is 0 Å². The molecule has 0 bridgehead atoms. The summed E-state index contributed by atoms with van der Waals surface area (Å²) in [4.78, 5) is 0. The highest BCUT2D eigenvalue weighted by atomic mass is 14.3. The van der Waals surface area contributed by atoms with Crippen molar-refractivity contribution in [2.24, 2.45) is 0 Å². The maximum Gasteiger partial charge on any atom is -0.00904 e. The van der Waals surface area contributed by atoms with Crippen LogP contribution >= 0.6 is 0 Å². The van der Waals surface area contributed by atoms with Crippen molar-refractivity contribution in [2.45, 2.75) is 79.1 Å². The molecule has 0 aliphatic heterocycles. The molecule has 0 saturated heterocycles. The highest BCUT2D eigenvalue weighted by Gasteiger charge is 2.26. The van der Waals surface area contributed by atoms with E-state index >= 15 is 0 Å². The predicted molar refractivity (Wildman–Crippen MR) is 107 cm³/mol. The van der Waals surface area contributed by atoms with E-state index in [1.807, 2.05) is 0 Å². The summed E-state index contributed by atoms with van der Waals surface area (Å²) in [5, 5.41) is 0. The van der Waals surface area contributed by atoms with Crippen molar-refractivity contribution in [3.05, 3.63) is 69.8 Å². The molecule has 130 valence electrons. The maximum atomic E-state index is 2.37. The fourth-order valence-electron chi connectivity index (χ4n) is 4.12. The molecule has 0 aliphatic carbocycles. The minimum Gasteiger partial charge on any atom is -0.0654 e. The van der Waals surface area contributed by atoms with Gasteiger partial charge in [-0.1, -0.05) is 63.1 Å². The van der Waals surface area contributed by atoms with Gasteiger partial charge in [-0.15, -0.1) is 0 Å². The molecule has 2 aromatic carbocycles. The first-order valence-electron chi connectivity index (χ1n) is 9.63. The van der Waals surface area contributed by atoms with E-state index in [1.165, 1.54) is 47.9 Å². The Kier molecular flexibility index (Phi) is 6.66. The highest BCUT2D eigenvalue weighted by Crippen LogP contribution is 2.42. The third-order valence-corrected chi connectivity index (χ3v) is 5.78. The molecule has 0 radical (unpaired) electrons. The molecule has 0 heterocycles. The summed E-state index contributed by atoms with van der Waals surface area (Å²) in [7, 11) is 0. The lowest BCUT2D eigenvalue weighted by molar-refractivity contribution is 0.465. The molecular weight excluding hydrogens is 288 g/mol. The Hall–Kier alpha value is -1.56. The van der Waals surface area contributed by atoms with Crippen LogP contribution in [0.2, 0.25) is 0 Å². The van der Waals surface area contributed by atoms with Crippen LogP contribution in [0.3, 0.4) is 0 Å². The van der Waals surface area contributed by atoms with Gasteiger partial charge in [0.05, 0.1) is 0 Å². The summed E-state index contributed by atoms with van der Waals surface area (Å²) in [6.07, 6.45) is 5.01. The Bertz CT molecular complexity index is 606. The molecule has 0 aliphatic rings. The van der Waals surface area contributed by atoms with Crippen LogP contribution in [0.1, 0.15) is 84.7 Å². The van der Waals surface area contributed by atoms with Crippen molar-refractivity contribution in [2.75, 3.05) is 0 Å². The van der Waals surface area contributed by atoms with Crippen molar-refractivity contribution in [1.29, 1.82) is 0 Å². The SMILES string of the molecule is CCCC(c1cccc(C)c1C)C(CCC)c1cccc(C)c1C. The van der Waals surface area contributed by atoms with E-state index in [0.29, 0.717) is 11.8 Å².